The first-order valence-corrected chi connectivity index (χ1v) is 6.89. The highest BCUT2D eigenvalue weighted by Gasteiger charge is 2.42. The molecule has 114 valence electrons. The van der Waals surface area contributed by atoms with E-state index in [2.05, 4.69) is 5.16 Å². The summed E-state index contributed by atoms with van der Waals surface area (Å²) in [6, 6.07) is 7.29. The Kier molecular flexibility index (Phi) is 4.47. The van der Waals surface area contributed by atoms with E-state index in [0.29, 0.717) is 31.6 Å². The predicted molar refractivity (Wildman–Crippen MR) is 79.4 cm³/mol. The van der Waals surface area contributed by atoms with Crippen molar-refractivity contribution in [2.75, 3.05) is 27.3 Å². The zero-order chi connectivity index (χ0) is 15.5. The van der Waals surface area contributed by atoms with Crippen molar-refractivity contribution in [1.29, 1.82) is 0 Å². The van der Waals surface area contributed by atoms with E-state index in [1.807, 2.05) is 12.1 Å². The summed E-state index contributed by atoms with van der Waals surface area (Å²) in [7, 11) is 3.54. The second-order valence-electron chi connectivity index (χ2n) is 5.46. The largest absolute Gasteiger partial charge is 0.409 e. The van der Waals surface area contributed by atoms with Gasteiger partial charge in [-0.2, -0.15) is 0 Å². The van der Waals surface area contributed by atoms with Crippen molar-refractivity contribution in [3.05, 3.63) is 35.4 Å². The minimum atomic E-state index is -0.550. The first-order chi connectivity index (χ1) is 10.0. The number of likely N-dealkylation sites (N-methyl/N-ethyl adjacent to an activating group) is 1. The lowest BCUT2D eigenvalue weighted by molar-refractivity contribution is -0.138. The van der Waals surface area contributed by atoms with Crippen LogP contribution in [0.5, 0.6) is 0 Å². The van der Waals surface area contributed by atoms with Gasteiger partial charge in [0.2, 0.25) is 5.91 Å². The minimum Gasteiger partial charge on any atom is -0.409 e. The number of benzene rings is 1. The van der Waals surface area contributed by atoms with Crippen LogP contribution in [0, 0.1) is 0 Å². The smallest absolute Gasteiger partial charge is 0.232 e. The van der Waals surface area contributed by atoms with Crippen LogP contribution in [0.2, 0.25) is 0 Å². The summed E-state index contributed by atoms with van der Waals surface area (Å²) in [5, 5.41) is 11.7. The first-order valence-electron chi connectivity index (χ1n) is 6.89. The van der Waals surface area contributed by atoms with E-state index in [-0.39, 0.29) is 11.7 Å². The van der Waals surface area contributed by atoms with Crippen molar-refractivity contribution in [2.45, 2.75) is 18.3 Å². The van der Waals surface area contributed by atoms with Crippen molar-refractivity contribution in [3.63, 3.8) is 0 Å². The number of nitrogens with zero attached hydrogens (tertiary/aromatic N) is 2. The monoisotopic (exact) mass is 291 g/mol. The molecule has 0 aliphatic carbocycles. The molecular weight excluding hydrogens is 270 g/mol. The van der Waals surface area contributed by atoms with Crippen molar-refractivity contribution in [3.8, 4) is 0 Å². The van der Waals surface area contributed by atoms with Crippen LogP contribution in [-0.4, -0.2) is 49.2 Å². The van der Waals surface area contributed by atoms with Gasteiger partial charge in [0.1, 0.15) is 0 Å². The SMILES string of the molecule is CN(C)C(=O)C1(c2ccc(/C(N)=N/O)cc2)CCOCC1. The number of amides is 1. The highest BCUT2D eigenvalue weighted by atomic mass is 16.5. The van der Waals surface area contributed by atoms with Gasteiger partial charge in [0, 0.05) is 32.9 Å². The number of amidine groups is 1. The molecule has 1 aliphatic rings. The van der Waals surface area contributed by atoms with Crippen LogP contribution in [0.1, 0.15) is 24.0 Å². The van der Waals surface area contributed by atoms with Crippen LogP contribution < -0.4 is 5.73 Å². The van der Waals surface area contributed by atoms with Crippen LogP contribution in [0.4, 0.5) is 0 Å². The van der Waals surface area contributed by atoms with E-state index in [0.717, 1.165) is 5.56 Å². The molecule has 1 heterocycles. The molecule has 1 aliphatic heterocycles. The van der Waals surface area contributed by atoms with Crippen LogP contribution in [-0.2, 0) is 14.9 Å². The van der Waals surface area contributed by atoms with Crippen LogP contribution in [0.15, 0.2) is 29.4 Å². The van der Waals surface area contributed by atoms with Gasteiger partial charge in [-0.05, 0) is 18.4 Å². The lowest BCUT2D eigenvalue weighted by atomic mass is 9.73. The Bertz CT molecular complexity index is 532. The number of oxime groups is 1. The highest BCUT2D eigenvalue weighted by molar-refractivity contribution is 5.97. The van der Waals surface area contributed by atoms with Crippen LogP contribution >= 0.6 is 0 Å². The molecule has 1 saturated heterocycles. The number of hydrogen-bond donors (Lipinski definition) is 2. The van der Waals surface area contributed by atoms with Gasteiger partial charge in [-0.1, -0.05) is 29.4 Å². The zero-order valence-corrected chi connectivity index (χ0v) is 12.4. The number of carbonyl (C=O) groups excluding carboxylic acids is 1. The third-order valence-corrected chi connectivity index (χ3v) is 4.00. The average Bonchev–Trinajstić information content (AvgIpc) is 2.54. The van der Waals surface area contributed by atoms with Crippen LogP contribution in [0.25, 0.3) is 0 Å². The topological polar surface area (TPSA) is 88.2 Å². The molecule has 1 fully saturated rings. The lowest BCUT2D eigenvalue weighted by Crippen LogP contribution is -2.47. The molecule has 0 bridgehead atoms. The Hall–Kier alpha value is -2.08. The molecule has 0 saturated carbocycles. The van der Waals surface area contributed by atoms with Crippen molar-refractivity contribution in [2.24, 2.45) is 10.9 Å². The normalized spacial score (nSPS) is 18.3. The van der Waals surface area contributed by atoms with Crippen molar-refractivity contribution >= 4 is 11.7 Å². The van der Waals surface area contributed by atoms with Crippen molar-refractivity contribution in [1.82, 2.24) is 4.90 Å². The second-order valence-corrected chi connectivity index (χ2v) is 5.46. The summed E-state index contributed by atoms with van der Waals surface area (Å²) in [5.41, 5.74) is 6.59. The zero-order valence-electron chi connectivity index (χ0n) is 12.4. The number of rotatable bonds is 3. The van der Waals surface area contributed by atoms with E-state index >= 15 is 0 Å². The van der Waals surface area contributed by atoms with Crippen molar-refractivity contribution < 1.29 is 14.7 Å². The Morgan fingerprint density at radius 1 is 1.29 bits per heavy atom. The van der Waals surface area contributed by atoms with Gasteiger partial charge in [-0.3, -0.25) is 4.79 Å². The summed E-state index contributed by atoms with van der Waals surface area (Å²) >= 11 is 0. The Morgan fingerprint density at radius 2 is 1.86 bits per heavy atom. The number of nitrogens with two attached hydrogens (primary N) is 1. The van der Waals surface area contributed by atoms with E-state index in [1.165, 1.54) is 0 Å². The molecule has 0 aromatic heterocycles. The first kappa shape index (κ1) is 15.3. The number of carbonyl (C=O) groups is 1. The molecule has 1 aromatic carbocycles. The van der Waals surface area contributed by atoms with Crippen LogP contribution in [0.3, 0.4) is 0 Å². The fraction of sp³-hybridized carbons (Fsp3) is 0.467. The molecule has 0 unspecified atom stereocenters. The van der Waals surface area contributed by atoms with E-state index in [4.69, 9.17) is 15.7 Å². The maximum Gasteiger partial charge on any atom is 0.232 e. The summed E-state index contributed by atoms with van der Waals surface area (Å²) < 4.78 is 5.41. The molecule has 0 spiro atoms. The fourth-order valence-electron chi connectivity index (χ4n) is 2.79. The van der Waals surface area contributed by atoms with Gasteiger partial charge in [-0.15, -0.1) is 0 Å². The standard InChI is InChI=1S/C15H21N3O3/c1-18(2)14(19)15(7-9-21-10-8-15)12-5-3-11(4-6-12)13(16)17-20/h3-6,20H,7-10H2,1-2H3,(H2,16,17). The molecule has 1 amide bonds. The second kappa shape index (κ2) is 6.13. The molecule has 0 radical (unpaired) electrons. The third-order valence-electron chi connectivity index (χ3n) is 4.00. The third kappa shape index (κ3) is 2.85. The molecule has 2 rings (SSSR count). The highest BCUT2D eigenvalue weighted by Crippen LogP contribution is 2.36. The molecule has 21 heavy (non-hydrogen) atoms. The lowest BCUT2D eigenvalue weighted by Gasteiger charge is -2.38. The quantitative estimate of drug-likeness (QED) is 0.375. The number of ether oxygens (including phenoxy) is 1. The molecule has 0 atom stereocenters. The van der Waals surface area contributed by atoms with Gasteiger partial charge in [-0.25, -0.2) is 0 Å². The summed E-state index contributed by atoms with van der Waals surface area (Å²) in [5.74, 6) is 0.142. The predicted octanol–water partition coefficient (Wildman–Crippen LogP) is 0.917. The van der Waals surface area contributed by atoms with E-state index < -0.39 is 5.41 Å². The fourth-order valence-corrected chi connectivity index (χ4v) is 2.79. The van der Waals surface area contributed by atoms with E-state index in [9.17, 15) is 4.79 Å². The Morgan fingerprint density at radius 3 is 2.33 bits per heavy atom. The Balaban J connectivity index is 2.40. The molecular formula is C15H21N3O3. The van der Waals surface area contributed by atoms with E-state index in [1.54, 1.807) is 31.1 Å². The maximum atomic E-state index is 12.7. The Labute approximate surface area is 124 Å². The average molecular weight is 291 g/mol. The van der Waals surface area contributed by atoms with Gasteiger partial charge < -0.3 is 20.6 Å². The summed E-state index contributed by atoms with van der Waals surface area (Å²) in [4.78, 5) is 14.3. The van der Waals surface area contributed by atoms with Gasteiger partial charge in [0.25, 0.3) is 0 Å². The summed E-state index contributed by atoms with van der Waals surface area (Å²) in [6.07, 6.45) is 1.32. The molecule has 6 heteroatoms. The summed E-state index contributed by atoms with van der Waals surface area (Å²) in [6.45, 7) is 1.14. The minimum absolute atomic E-state index is 0.0570. The molecule has 1 aromatic rings. The number of hydrogen-bond acceptors (Lipinski definition) is 4. The van der Waals surface area contributed by atoms with Gasteiger partial charge in [0.05, 0.1) is 5.41 Å². The maximum absolute atomic E-state index is 12.7. The van der Waals surface area contributed by atoms with Gasteiger partial charge in [0.15, 0.2) is 5.84 Å². The van der Waals surface area contributed by atoms with Gasteiger partial charge >= 0.3 is 0 Å². The molecule has 3 N–H and O–H groups in total. The molecule has 6 nitrogen and oxygen atoms in total.